The molecular formula is C30H40N4O2S. The number of aryl methyl sites for hydroxylation is 1. The number of pyridine rings is 1. The van der Waals surface area contributed by atoms with Crippen LogP contribution in [0.25, 0.3) is 0 Å². The van der Waals surface area contributed by atoms with E-state index in [0.29, 0.717) is 30.1 Å². The third-order valence-electron chi connectivity index (χ3n) is 6.52. The van der Waals surface area contributed by atoms with E-state index in [1.54, 1.807) is 17.8 Å². The summed E-state index contributed by atoms with van der Waals surface area (Å²) in [5, 5.41) is 3.32. The Labute approximate surface area is 225 Å². The average molecular weight is 521 g/mol. The number of amides is 1. The average Bonchev–Trinajstić information content (AvgIpc) is 2.87. The highest BCUT2D eigenvalue weighted by Gasteiger charge is 2.23. The number of unbranched alkanes of at least 4 members (excludes halogenated alkanes) is 1. The normalized spacial score (nSPS) is 12.4. The fourth-order valence-corrected chi connectivity index (χ4v) is 5.26. The molecule has 1 atom stereocenters. The van der Waals surface area contributed by atoms with Crippen molar-refractivity contribution in [1.82, 2.24) is 19.9 Å². The molecule has 0 aliphatic carbocycles. The molecule has 1 N–H and O–H groups in total. The Morgan fingerprint density at radius 2 is 1.86 bits per heavy atom. The number of hydrogen-bond donors (Lipinski definition) is 1. The summed E-state index contributed by atoms with van der Waals surface area (Å²) in [6.07, 6.45) is 5.63. The van der Waals surface area contributed by atoms with Crippen LogP contribution in [-0.4, -0.2) is 32.2 Å². The van der Waals surface area contributed by atoms with Crippen LogP contribution in [0.2, 0.25) is 0 Å². The van der Waals surface area contributed by atoms with Gasteiger partial charge in [-0.25, -0.2) is 4.98 Å². The second-order valence-corrected chi connectivity index (χ2v) is 11.7. The second-order valence-electron chi connectivity index (χ2n) is 10.6. The van der Waals surface area contributed by atoms with Crippen LogP contribution in [0.4, 0.5) is 0 Å². The largest absolute Gasteiger partial charge is 0.355 e. The van der Waals surface area contributed by atoms with Gasteiger partial charge in [0.25, 0.3) is 5.56 Å². The Bertz CT molecular complexity index is 1230. The standard InChI is InChI=1S/C30H40N4O2S/c1-7-8-12-26(27(35)32-19-17-24-11-9-10-18-31-24)37-29-33-21(2)25(28(36)34(29)6)20-22-13-15-23(16-14-22)30(3,4)5/h9-11,13-16,18,26H,7-8,12,17,19-20H2,1-6H3,(H,32,35). The number of rotatable bonds is 11. The maximum Gasteiger partial charge on any atom is 0.257 e. The molecule has 2 aromatic heterocycles. The fourth-order valence-electron chi connectivity index (χ4n) is 4.10. The molecule has 6 nitrogen and oxygen atoms in total. The summed E-state index contributed by atoms with van der Waals surface area (Å²) in [5.41, 5.74) is 4.74. The lowest BCUT2D eigenvalue weighted by atomic mass is 9.86. The summed E-state index contributed by atoms with van der Waals surface area (Å²) in [6, 6.07) is 14.2. The van der Waals surface area contributed by atoms with Crippen molar-refractivity contribution in [3.63, 3.8) is 0 Å². The van der Waals surface area contributed by atoms with Gasteiger partial charge in [0, 0.05) is 49.6 Å². The molecule has 0 radical (unpaired) electrons. The van der Waals surface area contributed by atoms with E-state index < -0.39 is 0 Å². The van der Waals surface area contributed by atoms with Crippen LogP contribution in [0.15, 0.2) is 58.6 Å². The summed E-state index contributed by atoms with van der Waals surface area (Å²) < 4.78 is 1.59. The molecule has 3 aromatic rings. The summed E-state index contributed by atoms with van der Waals surface area (Å²) in [5.74, 6) is -0.0238. The first-order valence-electron chi connectivity index (χ1n) is 13.1. The fraction of sp³-hybridized carbons (Fsp3) is 0.467. The van der Waals surface area contributed by atoms with Gasteiger partial charge in [0.1, 0.15) is 0 Å². The molecule has 0 bridgehead atoms. The van der Waals surface area contributed by atoms with Crippen LogP contribution >= 0.6 is 11.8 Å². The Morgan fingerprint density at radius 3 is 2.49 bits per heavy atom. The zero-order chi connectivity index (χ0) is 27.0. The highest BCUT2D eigenvalue weighted by molar-refractivity contribution is 8.00. The minimum atomic E-state index is -0.308. The molecule has 0 aliphatic heterocycles. The lowest BCUT2D eigenvalue weighted by Crippen LogP contribution is -2.35. The van der Waals surface area contributed by atoms with E-state index in [1.807, 2.05) is 25.1 Å². The predicted octanol–water partition coefficient (Wildman–Crippen LogP) is 5.38. The quantitative estimate of drug-likeness (QED) is 0.271. The predicted molar refractivity (Wildman–Crippen MR) is 152 cm³/mol. The Hall–Kier alpha value is -2.93. The minimum Gasteiger partial charge on any atom is -0.355 e. The smallest absolute Gasteiger partial charge is 0.257 e. The highest BCUT2D eigenvalue weighted by atomic mass is 32.2. The van der Waals surface area contributed by atoms with Crippen molar-refractivity contribution in [3.8, 4) is 0 Å². The van der Waals surface area contributed by atoms with Gasteiger partial charge in [-0.2, -0.15) is 0 Å². The SMILES string of the molecule is CCCCC(Sc1nc(C)c(Cc2ccc(C(C)(C)C)cc2)c(=O)n1C)C(=O)NCCc1ccccn1. The van der Waals surface area contributed by atoms with Gasteiger partial charge in [-0.15, -0.1) is 0 Å². The van der Waals surface area contributed by atoms with Crippen LogP contribution in [-0.2, 0) is 30.1 Å². The third kappa shape index (κ3) is 8.03. The van der Waals surface area contributed by atoms with Crippen LogP contribution in [0.1, 0.15) is 75.0 Å². The van der Waals surface area contributed by atoms with Gasteiger partial charge in [0.05, 0.1) is 5.25 Å². The molecule has 0 saturated carbocycles. The van der Waals surface area contributed by atoms with E-state index in [0.717, 1.165) is 36.2 Å². The van der Waals surface area contributed by atoms with Crippen molar-refractivity contribution in [2.24, 2.45) is 7.05 Å². The first-order valence-corrected chi connectivity index (χ1v) is 14.0. The van der Waals surface area contributed by atoms with E-state index in [9.17, 15) is 9.59 Å². The summed E-state index contributed by atoms with van der Waals surface area (Å²) in [4.78, 5) is 35.5. The molecule has 0 fully saturated rings. The summed E-state index contributed by atoms with van der Waals surface area (Å²) in [7, 11) is 1.75. The van der Waals surface area contributed by atoms with Gasteiger partial charge < -0.3 is 5.32 Å². The topological polar surface area (TPSA) is 76.9 Å². The molecule has 37 heavy (non-hydrogen) atoms. The molecule has 3 rings (SSSR count). The van der Waals surface area contributed by atoms with Gasteiger partial charge in [0.15, 0.2) is 5.16 Å². The zero-order valence-corrected chi connectivity index (χ0v) is 23.8. The number of aromatic nitrogens is 3. The van der Waals surface area contributed by atoms with Crippen LogP contribution in [0.3, 0.4) is 0 Å². The first-order chi connectivity index (χ1) is 17.6. The summed E-state index contributed by atoms with van der Waals surface area (Å²) >= 11 is 1.38. The molecule has 0 spiro atoms. The number of carbonyl (C=O) groups is 1. The summed E-state index contributed by atoms with van der Waals surface area (Å²) in [6.45, 7) is 11.1. The maximum absolute atomic E-state index is 13.3. The van der Waals surface area contributed by atoms with Crippen LogP contribution in [0, 0.1) is 6.92 Å². The Balaban J connectivity index is 1.73. The molecule has 1 unspecified atom stereocenters. The molecule has 1 aromatic carbocycles. The van der Waals surface area contributed by atoms with Crippen molar-refractivity contribution >= 4 is 17.7 Å². The van der Waals surface area contributed by atoms with E-state index in [-0.39, 0.29) is 22.1 Å². The zero-order valence-electron chi connectivity index (χ0n) is 23.0. The van der Waals surface area contributed by atoms with Crippen LogP contribution < -0.4 is 10.9 Å². The van der Waals surface area contributed by atoms with Crippen molar-refractivity contribution in [3.05, 3.63) is 87.1 Å². The number of nitrogens with one attached hydrogen (secondary N) is 1. The van der Waals surface area contributed by atoms with Gasteiger partial charge >= 0.3 is 0 Å². The molecule has 1 amide bonds. The molecular weight excluding hydrogens is 480 g/mol. The monoisotopic (exact) mass is 520 g/mol. The number of thioether (sulfide) groups is 1. The van der Waals surface area contributed by atoms with E-state index in [1.165, 1.54) is 17.3 Å². The van der Waals surface area contributed by atoms with Gasteiger partial charge in [-0.1, -0.05) is 82.6 Å². The number of carbonyl (C=O) groups excluding carboxylic acids is 1. The maximum atomic E-state index is 13.3. The van der Waals surface area contributed by atoms with Crippen LogP contribution in [0.5, 0.6) is 0 Å². The van der Waals surface area contributed by atoms with Gasteiger partial charge in [-0.3, -0.25) is 19.1 Å². The second kappa shape index (κ2) is 13.0. The Kier molecular flexibility index (Phi) is 10.1. The molecule has 0 saturated heterocycles. The molecule has 7 heteroatoms. The van der Waals surface area contributed by atoms with Gasteiger partial charge in [0.2, 0.25) is 5.91 Å². The van der Waals surface area contributed by atoms with Crippen molar-refractivity contribution in [2.45, 2.75) is 82.5 Å². The van der Waals surface area contributed by atoms with Gasteiger partial charge in [-0.05, 0) is 42.0 Å². The highest BCUT2D eigenvalue weighted by Crippen LogP contribution is 2.26. The Morgan fingerprint density at radius 1 is 1.14 bits per heavy atom. The number of hydrogen-bond acceptors (Lipinski definition) is 5. The van der Waals surface area contributed by atoms with Crippen molar-refractivity contribution < 1.29 is 4.79 Å². The number of nitrogens with zero attached hydrogens (tertiary/aromatic N) is 3. The third-order valence-corrected chi connectivity index (χ3v) is 7.83. The lowest BCUT2D eigenvalue weighted by Gasteiger charge is -2.20. The molecule has 2 heterocycles. The van der Waals surface area contributed by atoms with Crippen molar-refractivity contribution in [1.29, 1.82) is 0 Å². The lowest BCUT2D eigenvalue weighted by molar-refractivity contribution is -0.120. The van der Waals surface area contributed by atoms with E-state index >= 15 is 0 Å². The molecule has 0 aliphatic rings. The first kappa shape index (κ1) is 28.6. The molecule has 198 valence electrons. The van der Waals surface area contributed by atoms with E-state index in [4.69, 9.17) is 4.98 Å². The van der Waals surface area contributed by atoms with Crippen molar-refractivity contribution in [2.75, 3.05) is 6.54 Å². The number of benzene rings is 1. The minimum absolute atomic E-state index is 0.0238. The van der Waals surface area contributed by atoms with E-state index in [2.05, 4.69) is 62.3 Å².